The molecular weight excluding hydrogens is 542 g/mol. The molecule has 0 spiro atoms. The van der Waals surface area contributed by atoms with Crippen LogP contribution in [-0.2, 0) is 6.54 Å². The molecule has 3 N–H and O–H groups in total. The number of fused-ring (bicyclic) bond motifs is 3. The summed E-state index contributed by atoms with van der Waals surface area (Å²) in [6.45, 7) is 3.11. The molecule has 0 aliphatic carbocycles. The highest BCUT2D eigenvalue weighted by molar-refractivity contribution is 14.1. The number of halogens is 2. The van der Waals surface area contributed by atoms with Crippen LogP contribution in [0.4, 0.5) is 0 Å². The Hall–Kier alpha value is -0.420. The average Bonchev–Trinajstić information content (AvgIpc) is 2.88. The van der Waals surface area contributed by atoms with Crippen LogP contribution in [0.1, 0.15) is 13.3 Å². The maximum absolute atomic E-state index is 10.5. The van der Waals surface area contributed by atoms with Crippen molar-refractivity contribution in [3.8, 4) is 0 Å². The highest BCUT2D eigenvalue weighted by Gasteiger charge is 2.15. The molecule has 3 aromatic rings. The number of benzene rings is 2. The van der Waals surface area contributed by atoms with E-state index >= 15 is 0 Å². The van der Waals surface area contributed by atoms with Gasteiger partial charge in [0.15, 0.2) is 0 Å². The van der Waals surface area contributed by atoms with E-state index in [-0.39, 0.29) is 12.6 Å². The van der Waals surface area contributed by atoms with Crippen molar-refractivity contribution in [2.45, 2.75) is 32.0 Å². The van der Waals surface area contributed by atoms with E-state index in [1.807, 2.05) is 6.92 Å². The zero-order valence-corrected chi connectivity index (χ0v) is 18.4. The molecule has 0 amide bonds. The Morgan fingerprint density at radius 2 is 1.60 bits per heavy atom. The Balaban J connectivity index is 1.94. The minimum atomic E-state index is -0.516. The first-order chi connectivity index (χ1) is 12.0. The summed E-state index contributed by atoms with van der Waals surface area (Å²) in [5, 5.41) is 25.5. The molecule has 0 radical (unpaired) electrons. The first-order valence-electron chi connectivity index (χ1n) is 8.42. The van der Waals surface area contributed by atoms with Crippen molar-refractivity contribution in [2.24, 2.45) is 0 Å². The molecule has 0 fully saturated rings. The number of hydrogen-bond donors (Lipinski definition) is 3. The van der Waals surface area contributed by atoms with Crippen LogP contribution in [0.3, 0.4) is 0 Å². The lowest BCUT2D eigenvalue weighted by atomic mass is 10.2. The van der Waals surface area contributed by atoms with Gasteiger partial charge in [-0.2, -0.15) is 0 Å². The molecule has 25 heavy (non-hydrogen) atoms. The molecule has 1 heterocycles. The summed E-state index contributed by atoms with van der Waals surface area (Å²) in [5.41, 5.74) is 2.29. The van der Waals surface area contributed by atoms with E-state index in [1.165, 1.54) is 17.9 Å². The Morgan fingerprint density at radius 1 is 1.04 bits per heavy atom. The zero-order chi connectivity index (χ0) is 18.0. The molecule has 1 aromatic heterocycles. The van der Waals surface area contributed by atoms with Gasteiger partial charge in [-0.05, 0) is 88.0 Å². The fraction of sp³-hybridized carbons (Fsp3) is 0.368. The van der Waals surface area contributed by atoms with Gasteiger partial charge in [-0.1, -0.05) is 6.92 Å². The van der Waals surface area contributed by atoms with Crippen LogP contribution in [0.5, 0.6) is 0 Å². The Labute approximate surface area is 174 Å². The van der Waals surface area contributed by atoms with Gasteiger partial charge in [0.05, 0.1) is 19.3 Å². The summed E-state index contributed by atoms with van der Waals surface area (Å²) in [5.74, 6) is 0. The topological polar surface area (TPSA) is 57.4 Å². The van der Waals surface area contributed by atoms with E-state index in [2.05, 4.69) is 91.5 Å². The van der Waals surface area contributed by atoms with Gasteiger partial charge in [-0.25, -0.2) is 0 Å². The Bertz CT molecular complexity index is 815. The maximum atomic E-state index is 10.5. The SMILES string of the molecule is CC[C@@H](CO)NC[C@H](O)Cn1c2ccc(I)cc2c2cc(I)ccc21. The van der Waals surface area contributed by atoms with Crippen molar-refractivity contribution in [3.63, 3.8) is 0 Å². The third-order valence-electron chi connectivity index (χ3n) is 4.54. The highest BCUT2D eigenvalue weighted by atomic mass is 127. The molecule has 6 heteroatoms. The van der Waals surface area contributed by atoms with Gasteiger partial charge < -0.3 is 20.1 Å². The molecular formula is C19H22I2N2O2. The number of nitrogens with one attached hydrogen (secondary N) is 1. The zero-order valence-electron chi connectivity index (χ0n) is 14.0. The summed E-state index contributed by atoms with van der Waals surface area (Å²) in [4.78, 5) is 0. The molecule has 2 aromatic carbocycles. The predicted molar refractivity (Wildman–Crippen MR) is 120 cm³/mol. The summed E-state index contributed by atoms with van der Waals surface area (Å²) < 4.78 is 4.61. The van der Waals surface area contributed by atoms with Gasteiger partial charge in [0.2, 0.25) is 0 Å². The van der Waals surface area contributed by atoms with Crippen molar-refractivity contribution in [2.75, 3.05) is 13.2 Å². The lowest BCUT2D eigenvalue weighted by Crippen LogP contribution is -2.38. The molecule has 0 bridgehead atoms. The highest BCUT2D eigenvalue weighted by Crippen LogP contribution is 2.31. The Morgan fingerprint density at radius 3 is 2.08 bits per heavy atom. The fourth-order valence-electron chi connectivity index (χ4n) is 3.16. The Kier molecular flexibility index (Phi) is 6.59. The maximum Gasteiger partial charge on any atom is 0.0843 e. The second kappa shape index (κ2) is 8.51. The van der Waals surface area contributed by atoms with Crippen LogP contribution in [0.15, 0.2) is 36.4 Å². The summed E-state index contributed by atoms with van der Waals surface area (Å²) >= 11 is 4.68. The molecule has 2 atom stereocenters. The molecule has 3 rings (SSSR count). The fourth-order valence-corrected chi connectivity index (χ4v) is 4.14. The molecule has 4 nitrogen and oxygen atoms in total. The number of aliphatic hydroxyl groups excluding tert-OH is 2. The average molecular weight is 564 g/mol. The van der Waals surface area contributed by atoms with E-state index in [0.29, 0.717) is 13.1 Å². The quantitative estimate of drug-likeness (QED) is 0.384. The molecule has 0 saturated carbocycles. The van der Waals surface area contributed by atoms with Crippen LogP contribution in [0.25, 0.3) is 21.8 Å². The van der Waals surface area contributed by atoms with Crippen molar-refractivity contribution >= 4 is 67.0 Å². The van der Waals surface area contributed by atoms with E-state index in [4.69, 9.17) is 0 Å². The monoisotopic (exact) mass is 564 g/mol. The summed E-state index contributed by atoms with van der Waals surface area (Å²) in [6.07, 6.45) is 0.327. The normalized spacial score (nSPS) is 14.3. The largest absolute Gasteiger partial charge is 0.395 e. The van der Waals surface area contributed by atoms with Gasteiger partial charge >= 0.3 is 0 Å². The van der Waals surface area contributed by atoms with E-state index < -0.39 is 6.10 Å². The van der Waals surface area contributed by atoms with Crippen LogP contribution in [0.2, 0.25) is 0 Å². The van der Waals surface area contributed by atoms with Crippen LogP contribution >= 0.6 is 45.2 Å². The van der Waals surface area contributed by atoms with Crippen LogP contribution in [0, 0.1) is 7.14 Å². The van der Waals surface area contributed by atoms with Crippen molar-refractivity contribution < 1.29 is 10.2 Å². The van der Waals surface area contributed by atoms with Crippen LogP contribution in [-0.4, -0.2) is 40.1 Å². The second-order valence-corrected chi connectivity index (χ2v) is 8.77. The summed E-state index contributed by atoms with van der Waals surface area (Å²) in [6, 6.07) is 12.9. The van der Waals surface area contributed by atoms with Crippen molar-refractivity contribution in [3.05, 3.63) is 43.5 Å². The third-order valence-corrected chi connectivity index (χ3v) is 5.88. The van der Waals surface area contributed by atoms with E-state index in [0.717, 1.165) is 17.5 Å². The lowest BCUT2D eigenvalue weighted by Gasteiger charge is -2.19. The lowest BCUT2D eigenvalue weighted by molar-refractivity contribution is 0.141. The number of aliphatic hydroxyl groups is 2. The van der Waals surface area contributed by atoms with Gasteiger partial charge in [0.1, 0.15) is 0 Å². The molecule has 0 saturated heterocycles. The van der Waals surface area contributed by atoms with Crippen LogP contribution < -0.4 is 5.32 Å². The molecule has 0 aliphatic rings. The summed E-state index contributed by atoms with van der Waals surface area (Å²) in [7, 11) is 0. The molecule has 134 valence electrons. The molecule has 0 unspecified atom stereocenters. The smallest absolute Gasteiger partial charge is 0.0843 e. The first kappa shape index (κ1) is 19.3. The molecule has 0 aliphatic heterocycles. The van der Waals surface area contributed by atoms with Gasteiger partial charge in [0, 0.05) is 41.5 Å². The number of hydrogen-bond acceptors (Lipinski definition) is 3. The van der Waals surface area contributed by atoms with Gasteiger partial charge in [-0.15, -0.1) is 0 Å². The number of rotatable bonds is 7. The first-order valence-corrected chi connectivity index (χ1v) is 10.6. The van der Waals surface area contributed by atoms with E-state index in [9.17, 15) is 10.2 Å². The second-order valence-electron chi connectivity index (χ2n) is 6.28. The van der Waals surface area contributed by atoms with Crippen molar-refractivity contribution in [1.82, 2.24) is 9.88 Å². The van der Waals surface area contributed by atoms with Crippen molar-refractivity contribution in [1.29, 1.82) is 0 Å². The minimum Gasteiger partial charge on any atom is -0.395 e. The third kappa shape index (κ3) is 4.29. The van der Waals surface area contributed by atoms with E-state index in [1.54, 1.807) is 0 Å². The number of nitrogens with zero attached hydrogens (tertiary/aromatic N) is 1. The predicted octanol–water partition coefficient (Wildman–Crippen LogP) is 3.73. The van der Waals surface area contributed by atoms with Gasteiger partial charge in [-0.3, -0.25) is 0 Å². The number of aromatic nitrogens is 1. The standard InChI is InChI=1S/C19H22I2N2O2/c1-2-14(11-24)22-9-15(25)10-23-18-5-3-12(20)7-16(18)17-8-13(21)4-6-19(17)23/h3-8,14-15,22,24-25H,2,9-11H2,1H3/t14-,15-/m0/s1. The van der Waals surface area contributed by atoms with Gasteiger partial charge in [0.25, 0.3) is 0 Å². The minimum absolute atomic E-state index is 0.0379.